The number of nitrogens with zero attached hydrogens (tertiary/aromatic N) is 3. The highest BCUT2D eigenvalue weighted by molar-refractivity contribution is 5.69. The number of cyclic esters (lactones) is 1. The Hall–Kier alpha value is -1.72. The fraction of sp³-hybridized carbons (Fsp3) is 0.556. The van der Waals surface area contributed by atoms with Gasteiger partial charge >= 0.3 is 6.09 Å². The van der Waals surface area contributed by atoms with Crippen LogP contribution in [0, 0.1) is 6.92 Å². The van der Waals surface area contributed by atoms with E-state index < -0.39 is 0 Å². The Morgan fingerprint density at radius 3 is 2.93 bits per heavy atom. The molecular formula is C9H14N4O2. The molecule has 0 atom stereocenters. The van der Waals surface area contributed by atoms with Gasteiger partial charge in [0.15, 0.2) is 0 Å². The highest BCUT2D eigenvalue weighted by Gasteiger charge is 2.21. The quantitative estimate of drug-likeness (QED) is 0.774. The fourth-order valence-corrected chi connectivity index (χ4v) is 1.53. The molecule has 6 nitrogen and oxygen atoms in total. The van der Waals surface area contributed by atoms with E-state index in [2.05, 4.69) is 5.10 Å². The Morgan fingerprint density at radius 2 is 2.40 bits per heavy atom. The third-order valence-electron chi connectivity index (χ3n) is 2.57. The fourth-order valence-electron chi connectivity index (χ4n) is 1.53. The van der Waals surface area contributed by atoms with Gasteiger partial charge in [-0.25, -0.2) is 4.79 Å². The molecule has 2 heterocycles. The van der Waals surface area contributed by atoms with Crippen molar-refractivity contribution in [3.8, 4) is 0 Å². The van der Waals surface area contributed by atoms with E-state index in [1.807, 2.05) is 6.92 Å². The van der Waals surface area contributed by atoms with Gasteiger partial charge < -0.3 is 15.4 Å². The van der Waals surface area contributed by atoms with Crippen molar-refractivity contribution in [3.05, 3.63) is 11.9 Å². The van der Waals surface area contributed by atoms with Crippen molar-refractivity contribution < 1.29 is 9.53 Å². The van der Waals surface area contributed by atoms with E-state index in [0.29, 0.717) is 31.9 Å². The predicted molar refractivity (Wildman–Crippen MR) is 54.3 cm³/mol. The first kappa shape index (κ1) is 9.82. The molecule has 1 aliphatic heterocycles. The molecule has 0 aliphatic carbocycles. The zero-order valence-electron chi connectivity index (χ0n) is 8.64. The molecule has 1 amide bonds. The molecule has 0 bridgehead atoms. The van der Waals surface area contributed by atoms with Crippen LogP contribution in [0.2, 0.25) is 0 Å². The second kappa shape index (κ2) is 3.80. The van der Waals surface area contributed by atoms with E-state index in [0.717, 1.165) is 5.69 Å². The largest absolute Gasteiger partial charge is 0.448 e. The molecule has 1 fully saturated rings. The lowest BCUT2D eigenvalue weighted by Crippen LogP contribution is -2.28. The second-order valence-corrected chi connectivity index (χ2v) is 3.51. The molecule has 0 radical (unpaired) electrons. The van der Waals surface area contributed by atoms with Crippen LogP contribution in [0.25, 0.3) is 0 Å². The third kappa shape index (κ3) is 1.88. The summed E-state index contributed by atoms with van der Waals surface area (Å²) in [5, 5.41) is 4.11. The lowest BCUT2D eigenvalue weighted by atomic mass is 10.4. The summed E-state index contributed by atoms with van der Waals surface area (Å²) in [6.45, 7) is 4.32. The van der Waals surface area contributed by atoms with Crippen molar-refractivity contribution in [3.63, 3.8) is 0 Å². The monoisotopic (exact) mass is 210 g/mol. The number of hydrogen-bond donors (Lipinski definition) is 1. The number of carbonyl (C=O) groups is 1. The number of amides is 1. The maximum atomic E-state index is 11.1. The lowest BCUT2D eigenvalue weighted by molar-refractivity contribution is 0.157. The SMILES string of the molecule is Cc1c(N)cnn1CCN1CCOC1=O. The number of aromatic nitrogens is 2. The van der Waals surface area contributed by atoms with E-state index in [9.17, 15) is 4.79 Å². The summed E-state index contributed by atoms with van der Waals surface area (Å²) in [7, 11) is 0. The summed E-state index contributed by atoms with van der Waals surface area (Å²) >= 11 is 0. The number of nitrogens with two attached hydrogens (primary N) is 1. The van der Waals surface area contributed by atoms with Crippen LogP contribution in [0.3, 0.4) is 0 Å². The number of anilines is 1. The van der Waals surface area contributed by atoms with Crippen molar-refractivity contribution >= 4 is 11.8 Å². The van der Waals surface area contributed by atoms with Crippen LogP contribution >= 0.6 is 0 Å². The maximum Gasteiger partial charge on any atom is 0.410 e. The standard InChI is InChI=1S/C9H14N4O2/c1-7-8(10)6-11-13(7)3-2-12-4-5-15-9(12)14/h6H,2-5,10H2,1H3. The minimum Gasteiger partial charge on any atom is -0.448 e. The van der Waals surface area contributed by atoms with Crippen molar-refractivity contribution in [2.24, 2.45) is 0 Å². The van der Waals surface area contributed by atoms with Gasteiger partial charge in [0.2, 0.25) is 0 Å². The highest BCUT2D eigenvalue weighted by atomic mass is 16.6. The first-order chi connectivity index (χ1) is 7.18. The van der Waals surface area contributed by atoms with Crippen LogP contribution in [0.1, 0.15) is 5.69 Å². The zero-order chi connectivity index (χ0) is 10.8. The Morgan fingerprint density at radius 1 is 1.60 bits per heavy atom. The second-order valence-electron chi connectivity index (χ2n) is 3.51. The van der Waals surface area contributed by atoms with E-state index in [-0.39, 0.29) is 6.09 Å². The van der Waals surface area contributed by atoms with Gasteiger partial charge in [-0.3, -0.25) is 4.68 Å². The smallest absolute Gasteiger partial charge is 0.410 e. The molecule has 82 valence electrons. The molecule has 0 saturated carbocycles. The summed E-state index contributed by atoms with van der Waals surface area (Å²) in [6, 6.07) is 0. The highest BCUT2D eigenvalue weighted by Crippen LogP contribution is 2.09. The van der Waals surface area contributed by atoms with Crippen LogP contribution < -0.4 is 5.73 Å². The Bertz CT molecular complexity index is 374. The van der Waals surface area contributed by atoms with Gasteiger partial charge in [-0.05, 0) is 6.92 Å². The summed E-state index contributed by atoms with van der Waals surface area (Å²) in [5.41, 5.74) is 7.28. The van der Waals surface area contributed by atoms with Crippen LogP contribution in [0.4, 0.5) is 10.5 Å². The molecule has 1 saturated heterocycles. The Labute approximate surface area is 87.6 Å². The van der Waals surface area contributed by atoms with Gasteiger partial charge in [-0.15, -0.1) is 0 Å². The van der Waals surface area contributed by atoms with Crippen LogP contribution in [-0.2, 0) is 11.3 Å². The summed E-state index contributed by atoms with van der Waals surface area (Å²) in [6.07, 6.45) is 1.38. The Kier molecular flexibility index (Phi) is 2.49. The molecular weight excluding hydrogens is 196 g/mol. The molecule has 1 aromatic rings. The molecule has 0 aromatic carbocycles. The average Bonchev–Trinajstić information content (AvgIpc) is 2.74. The summed E-state index contributed by atoms with van der Waals surface area (Å²) in [4.78, 5) is 12.8. The molecule has 15 heavy (non-hydrogen) atoms. The van der Waals surface area contributed by atoms with E-state index >= 15 is 0 Å². The lowest BCUT2D eigenvalue weighted by Gasteiger charge is -2.12. The van der Waals surface area contributed by atoms with Crippen LogP contribution in [0.15, 0.2) is 6.20 Å². The first-order valence-electron chi connectivity index (χ1n) is 4.88. The van der Waals surface area contributed by atoms with E-state index in [4.69, 9.17) is 10.5 Å². The van der Waals surface area contributed by atoms with Crippen molar-refractivity contribution in [2.75, 3.05) is 25.4 Å². The molecule has 6 heteroatoms. The van der Waals surface area contributed by atoms with Crippen molar-refractivity contribution in [2.45, 2.75) is 13.5 Å². The summed E-state index contributed by atoms with van der Waals surface area (Å²) in [5.74, 6) is 0. The van der Waals surface area contributed by atoms with Gasteiger partial charge in [-0.1, -0.05) is 0 Å². The minimum atomic E-state index is -0.243. The van der Waals surface area contributed by atoms with Crippen LogP contribution in [-0.4, -0.2) is 40.5 Å². The molecule has 1 aliphatic rings. The predicted octanol–water partition coefficient (Wildman–Crippen LogP) is 0.226. The minimum absolute atomic E-state index is 0.243. The molecule has 2 N–H and O–H groups in total. The van der Waals surface area contributed by atoms with Crippen LogP contribution in [0.5, 0.6) is 0 Å². The topological polar surface area (TPSA) is 73.4 Å². The molecule has 1 aromatic heterocycles. The third-order valence-corrected chi connectivity index (χ3v) is 2.57. The van der Waals surface area contributed by atoms with Gasteiger partial charge in [0, 0.05) is 6.54 Å². The number of ether oxygens (including phenoxy) is 1. The zero-order valence-corrected chi connectivity index (χ0v) is 8.64. The van der Waals surface area contributed by atoms with Crippen molar-refractivity contribution in [1.29, 1.82) is 0 Å². The number of carbonyl (C=O) groups excluding carboxylic acids is 1. The normalized spacial score (nSPS) is 15.8. The average molecular weight is 210 g/mol. The van der Waals surface area contributed by atoms with Gasteiger partial charge in [-0.2, -0.15) is 5.10 Å². The van der Waals surface area contributed by atoms with Gasteiger partial charge in [0.1, 0.15) is 6.61 Å². The summed E-state index contributed by atoms with van der Waals surface area (Å²) < 4.78 is 6.61. The molecule has 0 spiro atoms. The maximum absolute atomic E-state index is 11.1. The van der Waals surface area contributed by atoms with E-state index in [1.54, 1.807) is 15.8 Å². The number of nitrogen functional groups attached to an aromatic ring is 1. The van der Waals surface area contributed by atoms with Crippen molar-refractivity contribution in [1.82, 2.24) is 14.7 Å². The number of rotatable bonds is 3. The first-order valence-corrected chi connectivity index (χ1v) is 4.88. The number of hydrogen-bond acceptors (Lipinski definition) is 4. The van der Waals surface area contributed by atoms with Gasteiger partial charge in [0.25, 0.3) is 0 Å². The van der Waals surface area contributed by atoms with E-state index in [1.165, 1.54) is 0 Å². The Balaban J connectivity index is 1.93. The molecule has 2 rings (SSSR count). The molecule has 0 unspecified atom stereocenters. The van der Waals surface area contributed by atoms with Gasteiger partial charge in [0.05, 0.1) is 30.7 Å².